The van der Waals surface area contributed by atoms with Crippen molar-refractivity contribution in [1.29, 1.82) is 0 Å². The van der Waals surface area contributed by atoms with Gasteiger partial charge in [0, 0.05) is 12.2 Å². The van der Waals surface area contributed by atoms with E-state index in [2.05, 4.69) is 0 Å². The van der Waals surface area contributed by atoms with Crippen LogP contribution in [0.2, 0.25) is 0 Å². The quantitative estimate of drug-likeness (QED) is 0.911. The van der Waals surface area contributed by atoms with E-state index in [0.29, 0.717) is 12.3 Å². The van der Waals surface area contributed by atoms with Crippen LogP contribution in [0.5, 0.6) is 11.5 Å². The van der Waals surface area contributed by atoms with E-state index in [1.54, 1.807) is 17.0 Å². The number of fused-ring (bicyclic) bond motifs is 1. The van der Waals surface area contributed by atoms with Crippen molar-refractivity contribution in [2.45, 2.75) is 6.42 Å². The number of phenolic OH excluding ortho intramolecular Hbond substituents is 1. The Balaban J connectivity index is 2.03. The van der Waals surface area contributed by atoms with Crippen LogP contribution >= 0.6 is 0 Å². The summed E-state index contributed by atoms with van der Waals surface area (Å²) in [4.78, 5) is 14.4. The highest BCUT2D eigenvalue weighted by atomic mass is 16.5. The Morgan fingerprint density at radius 1 is 1.20 bits per heavy atom. The maximum atomic E-state index is 12.7. The molecule has 0 saturated carbocycles. The minimum absolute atomic E-state index is 0.0567. The summed E-state index contributed by atoms with van der Waals surface area (Å²) in [6.07, 6.45) is 0.831. The summed E-state index contributed by atoms with van der Waals surface area (Å²) >= 11 is 0. The number of para-hydroxylation sites is 1. The second kappa shape index (κ2) is 4.89. The molecule has 0 bridgehead atoms. The van der Waals surface area contributed by atoms with Gasteiger partial charge in [0.05, 0.1) is 7.11 Å². The summed E-state index contributed by atoms with van der Waals surface area (Å²) in [7, 11) is 1.49. The fraction of sp³-hybridized carbons (Fsp3) is 0.188. The molecule has 0 aliphatic carbocycles. The molecule has 4 nitrogen and oxygen atoms in total. The molecule has 1 N–H and O–H groups in total. The lowest BCUT2D eigenvalue weighted by Crippen LogP contribution is -2.29. The van der Waals surface area contributed by atoms with Gasteiger partial charge in [-0.1, -0.05) is 24.3 Å². The first kappa shape index (κ1) is 12.5. The van der Waals surface area contributed by atoms with E-state index in [-0.39, 0.29) is 17.2 Å². The topological polar surface area (TPSA) is 49.8 Å². The number of rotatable bonds is 2. The molecule has 0 fully saturated rings. The number of amides is 1. The van der Waals surface area contributed by atoms with Crippen molar-refractivity contribution in [3.05, 3.63) is 53.6 Å². The number of hydrogen-bond donors (Lipinski definition) is 1. The van der Waals surface area contributed by atoms with Gasteiger partial charge in [-0.25, -0.2) is 0 Å². The predicted octanol–water partition coefficient (Wildman–Crippen LogP) is 2.60. The molecule has 1 heterocycles. The molecule has 0 aromatic heterocycles. The Labute approximate surface area is 117 Å². The number of carbonyl (C=O) groups excluding carboxylic acids is 1. The average molecular weight is 269 g/mol. The van der Waals surface area contributed by atoms with Gasteiger partial charge in [-0.3, -0.25) is 4.79 Å². The van der Waals surface area contributed by atoms with Crippen LogP contribution in [-0.2, 0) is 6.42 Å². The van der Waals surface area contributed by atoms with Gasteiger partial charge in [0.2, 0.25) is 0 Å². The van der Waals surface area contributed by atoms with Crippen molar-refractivity contribution < 1.29 is 14.6 Å². The number of hydrogen-bond acceptors (Lipinski definition) is 3. The largest absolute Gasteiger partial charge is 0.507 e. The maximum absolute atomic E-state index is 12.7. The third kappa shape index (κ3) is 1.90. The number of benzene rings is 2. The summed E-state index contributed by atoms with van der Waals surface area (Å²) in [5.74, 6) is 0.100. The molecule has 0 spiro atoms. The average Bonchev–Trinajstić information content (AvgIpc) is 2.90. The molecule has 1 aliphatic heterocycles. The lowest BCUT2D eigenvalue weighted by Gasteiger charge is -2.19. The van der Waals surface area contributed by atoms with Gasteiger partial charge in [0.15, 0.2) is 0 Å². The summed E-state index contributed by atoms with van der Waals surface area (Å²) in [6.45, 7) is 0.621. The number of nitrogens with zero attached hydrogens (tertiary/aromatic N) is 1. The van der Waals surface area contributed by atoms with Crippen molar-refractivity contribution in [2.75, 3.05) is 18.6 Å². The van der Waals surface area contributed by atoms with Crippen molar-refractivity contribution in [2.24, 2.45) is 0 Å². The summed E-state index contributed by atoms with van der Waals surface area (Å²) in [5.41, 5.74) is 2.27. The van der Waals surface area contributed by atoms with E-state index in [0.717, 1.165) is 17.7 Å². The third-order valence-electron chi connectivity index (χ3n) is 3.57. The van der Waals surface area contributed by atoms with Crippen LogP contribution in [0.25, 0.3) is 0 Å². The molecule has 2 aromatic carbocycles. The highest BCUT2D eigenvalue weighted by Crippen LogP contribution is 2.34. The van der Waals surface area contributed by atoms with Crippen LogP contribution in [0.1, 0.15) is 15.9 Å². The van der Waals surface area contributed by atoms with E-state index in [1.807, 2.05) is 24.3 Å². The zero-order valence-electron chi connectivity index (χ0n) is 11.2. The fourth-order valence-electron chi connectivity index (χ4n) is 2.59. The minimum atomic E-state index is -0.232. The van der Waals surface area contributed by atoms with Crippen LogP contribution in [0.3, 0.4) is 0 Å². The minimum Gasteiger partial charge on any atom is -0.507 e. The Hall–Kier alpha value is -2.49. The predicted molar refractivity (Wildman–Crippen MR) is 76.5 cm³/mol. The van der Waals surface area contributed by atoms with Crippen LogP contribution in [0.4, 0.5) is 5.69 Å². The number of aromatic hydroxyl groups is 1. The number of ether oxygens (including phenoxy) is 1. The van der Waals surface area contributed by atoms with Gasteiger partial charge in [-0.15, -0.1) is 0 Å². The Kier molecular flexibility index (Phi) is 3.06. The molecule has 0 saturated heterocycles. The summed E-state index contributed by atoms with van der Waals surface area (Å²) < 4.78 is 5.19. The molecule has 3 rings (SSSR count). The molecule has 4 heteroatoms. The van der Waals surface area contributed by atoms with Gasteiger partial charge in [0.1, 0.15) is 17.1 Å². The van der Waals surface area contributed by atoms with Gasteiger partial charge < -0.3 is 14.7 Å². The molecular weight excluding hydrogens is 254 g/mol. The smallest absolute Gasteiger partial charge is 0.265 e. The van der Waals surface area contributed by atoms with Crippen molar-refractivity contribution in [3.63, 3.8) is 0 Å². The second-order valence-corrected chi connectivity index (χ2v) is 4.69. The lowest BCUT2D eigenvalue weighted by atomic mass is 10.1. The molecule has 0 unspecified atom stereocenters. The molecule has 1 amide bonds. The van der Waals surface area contributed by atoms with E-state index >= 15 is 0 Å². The van der Waals surface area contributed by atoms with E-state index in [9.17, 15) is 9.90 Å². The highest BCUT2D eigenvalue weighted by Gasteiger charge is 2.28. The zero-order chi connectivity index (χ0) is 14.1. The molecule has 0 atom stereocenters. The Bertz CT molecular complexity index is 667. The van der Waals surface area contributed by atoms with Gasteiger partial charge in [-0.05, 0) is 30.2 Å². The van der Waals surface area contributed by atoms with E-state index in [1.165, 1.54) is 13.2 Å². The second-order valence-electron chi connectivity index (χ2n) is 4.69. The number of phenols is 1. The summed E-state index contributed by atoms with van der Waals surface area (Å²) in [5, 5.41) is 9.97. The highest BCUT2D eigenvalue weighted by molar-refractivity contribution is 6.10. The Morgan fingerprint density at radius 3 is 2.80 bits per heavy atom. The van der Waals surface area contributed by atoms with Crippen molar-refractivity contribution in [3.8, 4) is 11.5 Å². The lowest BCUT2D eigenvalue weighted by molar-refractivity contribution is 0.0983. The first-order valence-electron chi connectivity index (χ1n) is 6.48. The summed E-state index contributed by atoms with van der Waals surface area (Å²) in [6, 6.07) is 12.6. The fourth-order valence-corrected chi connectivity index (χ4v) is 2.59. The molecule has 20 heavy (non-hydrogen) atoms. The van der Waals surface area contributed by atoms with Crippen LogP contribution in [-0.4, -0.2) is 24.7 Å². The number of methoxy groups -OCH3 is 1. The van der Waals surface area contributed by atoms with Gasteiger partial charge in [-0.2, -0.15) is 0 Å². The van der Waals surface area contributed by atoms with Crippen molar-refractivity contribution >= 4 is 11.6 Å². The van der Waals surface area contributed by atoms with E-state index in [4.69, 9.17) is 4.74 Å². The molecule has 0 radical (unpaired) electrons. The molecule has 102 valence electrons. The molecule has 2 aromatic rings. The van der Waals surface area contributed by atoms with Crippen molar-refractivity contribution in [1.82, 2.24) is 0 Å². The monoisotopic (exact) mass is 269 g/mol. The normalized spacial score (nSPS) is 13.2. The van der Waals surface area contributed by atoms with Gasteiger partial charge in [0.25, 0.3) is 5.91 Å². The number of anilines is 1. The molecule has 1 aliphatic rings. The van der Waals surface area contributed by atoms with Crippen LogP contribution < -0.4 is 9.64 Å². The SMILES string of the molecule is COc1cccc(O)c1C(=O)N1CCc2ccccc21. The van der Waals surface area contributed by atoms with Gasteiger partial charge >= 0.3 is 0 Å². The third-order valence-corrected chi connectivity index (χ3v) is 3.57. The van der Waals surface area contributed by atoms with E-state index < -0.39 is 0 Å². The Morgan fingerprint density at radius 2 is 2.00 bits per heavy atom. The van der Waals surface area contributed by atoms with Crippen LogP contribution in [0, 0.1) is 0 Å². The first-order valence-corrected chi connectivity index (χ1v) is 6.48. The molecular formula is C16H15NO3. The maximum Gasteiger partial charge on any atom is 0.265 e. The number of carbonyl (C=O) groups is 1. The van der Waals surface area contributed by atoms with Crippen LogP contribution in [0.15, 0.2) is 42.5 Å². The standard InChI is InChI=1S/C16H15NO3/c1-20-14-8-4-7-13(18)15(14)16(19)17-10-9-11-5-2-3-6-12(11)17/h2-8,18H,9-10H2,1H3. The zero-order valence-corrected chi connectivity index (χ0v) is 11.2. The first-order chi connectivity index (χ1) is 9.72.